The van der Waals surface area contributed by atoms with Gasteiger partial charge in [-0.25, -0.2) is 0 Å². The lowest BCUT2D eigenvalue weighted by atomic mass is 10.1. The Balaban J connectivity index is 0.000000357. The molecule has 0 radical (unpaired) electrons. The number of carbonyl (C=O) groups is 1. The minimum Gasteiger partial charge on any atom is -0.300 e. The maximum atomic E-state index is 10.6. The van der Waals surface area contributed by atoms with Crippen LogP contribution < -0.4 is 0 Å². The van der Waals surface area contributed by atoms with Gasteiger partial charge in [0.1, 0.15) is 5.78 Å². The quantitative estimate of drug-likeness (QED) is 0.170. The van der Waals surface area contributed by atoms with Gasteiger partial charge in [-0.3, -0.25) is 4.79 Å². The molecule has 0 saturated carbocycles. The lowest BCUT2D eigenvalue weighted by Crippen LogP contribution is -1.94. The highest BCUT2D eigenvalue weighted by Gasteiger charge is 1.93. The van der Waals surface area contributed by atoms with Crippen molar-refractivity contribution in [3.05, 3.63) is 363 Å². The van der Waals surface area contributed by atoms with Crippen molar-refractivity contribution in [3.8, 4) is 0 Å². The first-order valence-corrected chi connectivity index (χ1v) is 21.3. The molecule has 322 valence electrons. The predicted octanol–water partition coefficient (Wildman–Crippen LogP) is 17.0. The van der Waals surface area contributed by atoms with Gasteiger partial charge in [-0.05, 0) is 12.5 Å². The number of carbonyl (C=O) groups excluding carboxylic acids is 1. The molecular formula is C63H64O. The lowest BCUT2D eigenvalue weighted by molar-refractivity contribution is -0.116. The summed E-state index contributed by atoms with van der Waals surface area (Å²) in [5.74, 6) is 0.214. The van der Waals surface area contributed by atoms with E-state index in [1.54, 1.807) is 6.92 Å². The van der Waals surface area contributed by atoms with E-state index in [1.165, 1.54) is 0 Å². The smallest absolute Gasteiger partial charge is 0.134 e. The Morgan fingerprint density at radius 1 is 0.203 bits per heavy atom. The van der Waals surface area contributed by atoms with Crippen LogP contribution in [0.1, 0.15) is 12.5 Å². The summed E-state index contributed by atoms with van der Waals surface area (Å²) < 4.78 is 0. The molecule has 0 saturated heterocycles. The minimum atomic E-state index is 0.214. The maximum absolute atomic E-state index is 10.6. The summed E-state index contributed by atoms with van der Waals surface area (Å²) in [6.07, 6.45) is 0.556. The first kappa shape index (κ1) is 53.9. The van der Waals surface area contributed by atoms with E-state index in [0.29, 0.717) is 6.42 Å². The molecule has 64 heavy (non-hydrogen) atoms. The summed E-state index contributed by atoms with van der Waals surface area (Å²) in [4.78, 5) is 10.6. The molecule has 10 aromatic rings. The van der Waals surface area contributed by atoms with Crippen LogP contribution in [0.15, 0.2) is 358 Å². The van der Waals surface area contributed by atoms with E-state index in [-0.39, 0.29) is 5.78 Å². The van der Waals surface area contributed by atoms with Crippen molar-refractivity contribution >= 4 is 5.78 Å². The molecule has 0 aliphatic carbocycles. The van der Waals surface area contributed by atoms with Crippen molar-refractivity contribution < 1.29 is 4.79 Å². The van der Waals surface area contributed by atoms with E-state index < -0.39 is 0 Å². The largest absolute Gasteiger partial charge is 0.300 e. The second-order valence-electron chi connectivity index (χ2n) is 12.8. The Bertz CT molecular complexity index is 1520. The van der Waals surface area contributed by atoms with Crippen LogP contribution in [0.3, 0.4) is 0 Å². The third-order valence-electron chi connectivity index (χ3n) is 7.30. The average Bonchev–Trinajstić information content (AvgIpc) is 3.43. The Morgan fingerprint density at radius 3 is 0.391 bits per heavy atom. The van der Waals surface area contributed by atoms with E-state index in [9.17, 15) is 4.79 Å². The molecule has 0 aromatic heterocycles. The molecule has 0 fully saturated rings. The van der Waals surface area contributed by atoms with Crippen LogP contribution in [0.25, 0.3) is 0 Å². The maximum Gasteiger partial charge on any atom is 0.134 e. The van der Waals surface area contributed by atoms with Crippen molar-refractivity contribution in [2.45, 2.75) is 13.3 Å². The van der Waals surface area contributed by atoms with Crippen LogP contribution >= 0.6 is 0 Å². The molecule has 0 unspecified atom stereocenters. The van der Waals surface area contributed by atoms with Gasteiger partial charge in [-0.15, -0.1) is 0 Å². The second kappa shape index (κ2) is 47.5. The molecule has 10 aromatic carbocycles. The molecule has 0 bridgehead atoms. The summed E-state index contributed by atoms with van der Waals surface area (Å²) in [5.41, 5.74) is 1.09. The Hall–Kier alpha value is -8.13. The topological polar surface area (TPSA) is 17.1 Å². The van der Waals surface area contributed by atoms with Crippen molar-refractivity contribution in [2.24, 2.45) is 0 Å². The third-order valence-corrected chi connectivity index (χ3v) is 7.30. The van der Waals surface area contributed by atoms with Crippen LogP contribution in [0.2, 0.25) is 0 Å². The van der Waals surface area contributed by atoms with Crippen LogP contribution in [0.4, 0.5) is 0 Å². The van der Waals surface area contributed by atoms with Crippen LogP contribution in [-0.2, 0) is 11.2 Å². The van der Waals surface area contributed by atoms with Gasteiger partial charge in [0, 0.05) is 6.42 Å². The van der Waals surface area contributed by atoms with Crippen LogP contribution in [-0.4, -0.2) is 5.78 Å². The monoisotopic (exact) mass is 836 g/mol. The van der Waals surface area contributed by atoms with Crippen LogP contribution in [0.5, 0.6) is 0 Å². The zero-order valence-corrected chi connectivity index (χ0v) is 37.2. The fourth-order valence-corrected chi connectivity index (χ4v) is 4.35. The zero-order chi connectivity index (χ0) is 45.6. The van der Waals surface area contributed by atoms with Gasteiger partial charge in [0.15, 0.2) is 0 Å². The Morgan fingerprint density at radius 2 is 0.297 bits per heavy atom. The van der Waals surface area contributed by atoms with E-state index >= 15 is 0 Å². The normalized spacial score (nSPS) is 8.20. The number of benzene rings is 10. The minimum absolute atomic E-state index is 0.214. The Kier molecular flexibility index (Phi) is 40.0. The first-order valence-electron chi connectivity index (χ1n) is 21.3. The number of hydrogen-bond donors (Lipinski definition) is 0. The van der Waals surface area contributed by atoms with E-state index in [4.69, 9.17) is 0 Å². The van der Waals surface area contributed by atoms with E-state index in [0.717, 1.165) is 5.56 Å². The zero-order valence-electron chi connectivity index (χ0n) is 37.2. The third kappa shape index (κ3) is 45.0. The van der Waals surface area contributed by atoms with Crippen molar-refractivity contribution in [1.29, 1.82) is 0 Å². The molecule has 0 spiro atoms. The second-order valence-corrected chi connectivity index (χ2v) is 12.8. The number of Topliss-reactive ketones (excluding diaryl/α,β-unsaturated/α-hetero) is 1. The van der Waals surface area contributed by atoms with Gasteiger partial charge in [-0.2, -0.15) is 0 Å². The molecule has 0 aliphatic heterocycles. The van der Waals surface area contributed by atoms with Gasteiger partial charge in [0.05, 0.1) is 0 Å². The summed E-state index contributed by atoms with van der Waals surface area (Å²) in [7, 11) is 0. The Labute approximate surface area is 385 Å². The standard InChI is InChI=1S/C9H10O.9C6H6/c1-8(10)7-9-5-3-2-4-6-9;9*1-2-4-6-5-3-1/h2-6H,7H2,1H3;9*1-6H. The van der Waals surface area contributed by atoms with E-state index in [1.807, 2.05) is 358 Å². The van der Waals surface area contributed by atoms with Gasteiger partial charge in [0.25, 0.3) is 0 Å². The van der Waals surface area contributed by atoms with Gasteiger partial charge in [-0.1, -0.05) is 358 Å². The molecule has 10 rings (SSSR count). The fourth-order valence-electron chi connectivity index (χ4n) is 4.35. The van der Waals surface area contributed by atoms with Crippen molar-refractivity contribution in [3.63, 3.8) is 0 Å². The molecule has 0 atom stereocenters. The molecule has 0 heterocycles. The summed E-state index contributed by atoms with van der Waals surface area (Å²) in [6.45, 7) is 1.60. The molecule has 0 N–H and O–H groups in total. The average molecular weight is 837 g/mol. The van der Waals surface area contributed by atoms with Gasteiger partial charge in [0.2, 0.25) is 0 Å². The predicted molar refractivity (Wildman–Crippen MR) is 279 cm³/mol. The first-order chi connectivity index (χ1) is 31.8. The van der Waals surface area contributed by atoms with Crippen molar-refractivity contribution in [1.82, 2.24) is 0 Å². The molecule has 1 heteroatoms. The van der Waals surface area contributed by atoms with Crippen molar-refractivity contribution in [2.75, 3.05) is 0 Å². The van der Waals surface area contributed by atoms with E-state index in [2.05, 4.69) is 0 Å². The highest BCUT2D eigenvalue weighted by atomic mass is 16.1. The SMILES string of the molecule is CC(=O)Cc1ccccc1.c1ccccc1.c1ccccc1.c1ccccc1.c1ccccc1.c1ccccc1.c1ccccc1.c1ccccc1.c1ccccc1.c1ccccc1. The van der Waals surface area contributed by atoms with Gasteiger partial charge < -0.3 is 0 Å². The lowest BCUT2D eigenvalue weighted by Gasteiger charge is -1.93. The summed E-state index contributed by atoms with van der Waals surface area (Å²) >= 11 is 0. The number of hydrogen-bond acceptors (Lipinski definition) is 1. The number of rotatable bonds is 2. The highest BCUT2D eigenvalue weighted by molar-refractivity contribution is 5.78. The summed E-state index contributed by atoms with van der Waals surface area (Å²) in [6, 6.07) is 118. The van der Waals surface area contributed by atoms with Gasteiger partial charge >= 0.3 is 0 Å². The molecule has 0 amide bonds. The molecule has 1 nitrogen and oxygen atoms in total. The molecular weight excluding hydrogens is 773 g/mol. The fraction of sp³-hybridized carbons (Fsp3) is 0.0317. The summed E-state index contributed by atoms with van der Waals surface area (Å²) in [5, 5.41) is 0. The number of ketones is 1. The van der Waals surface area contributed by atoms with Crippen LogP contribution in [0, 0.1) is 0 Å². The molecule has 0 aliphatic rings. The highest BCUT2D eigenvalue weighted by Crippen LogP contribution is 1.99.